The summed E-state index contributed by atoms with van der Waals surface area (Å²) in [6, 6.07) is 17.6. The molecule has 0 atom stereocenters. The summed E-state index contributed by atoms with van der Waals surface area (Å²) in [7, 11) is 0. The average Bonchev–Trinajstić information content (AvgIpc) is 3.42. The van der Waals surface area contributed by atoms with Gasteiger partial charge in [-0.1, -0.05) is 36.4 Å². The first-order valence-electron chi connectivity index (χ1n) is 9.18. The van der Waals surface area contributed by atoms with Crippen LogP contribution in [0.3, 0.4) is 0 Å². The number of amides is 3. The van der Waals surface area contributed by atoms with E-state index in [2.05, 4.69) is 34.9 Å². The van der Waals surface area contributed by atoms with E-state index in [-0.39, 0.29) is 11.9 Å². The molecule has 0 bridgehead atoms. The highest BCUT2D eigenvalue weighted by Crippen LogP contribution is 2.24. The molecule has 1 saturated carbocycles. The van der Waals surface area contributed by atoms with E-state index in [1.165, 1.54) is 5.56 Å². The van der Waals surface area contributed by atoms with E-state index in [0.717, 1.165) is 32.4 Å². The Labute approximate surface area is 153 Å². The molecule has 134 valence electrons. The summed E-state index contributed by atoms with van der Waals surface area (Å²) in [6.07, 6.45) is 3.10. The maximum absolute atomic E-state index is 12.6. The minimum Gasteiger partial charge on any atom is -0.338 e. The van der Waals surface area contributed by atoms with Crippen molar-refractivity contribution < 1.29 is 9.59 Å². The van der Waals surface area contributed by atoms with Crippen LogP contribution in [0, 0.1) is 5.92 Å². The summed E-state index contributed by atoms with van der Waals surface area (Å²) in [5.74, 6) is 0.549. The number of likely N-dealkylation sites (tertiary alicyclic amines) is 1. The largest absolute Gasteiger partial charge is 0.338 e. The van der Waals surface area contributed by atoms with Gasteiger partial charge in [-0.3, -0.25) is 4.79 Å². The number of nitrogens with one attached hydrogen (secondary N) is 2. The van der Waals surface area contributed by atoms with Crippen LogP contribution in [0.2, 0.25) is 0 Å². The van der Waals surface area contributed by atoms with E-state index >= 15 is 0 Å². The van der Waals surface area contributed by atoms with Gasteiger partial charge in [-0.2, -0.15) is 0 Å². The molecule has 2 fully saturated rings. The maximum atomic E-state index is 12.6. The van der Waals surface area contributed by atoms with Gasteiger partial charge in [0.15, 0.2) is 0 Å². The molecule has 2 N–H and O–H groups in total. The maximum Gasteiger partial charge on any atom is 0.319 e. The Morgan fingerprint density at radius 2 is 1.77 bits per heavy atom. The van der Waals surface area contributed by atoms with Crippen LogP contribution in [0.15, 0.2) is 54.6 Å². The number of rotatable bonds is 5. The summed E-state index contributed by atoms with van der Waals surface area (Å²) in [5.41, 5.74) is 2.58. The van der Waals surface area contributed by atoms with E-state index in [9.17, 15) is 9.59 Å². The highest BCUT2D eigenvalue weighted by atomic mass is 16.2. The van der Waals surface area contributed by atoms with Crippen LogP contribution in [-0.4, -0.2) is 36.0 Å². The van der Waals surface area contributed by atoms with Gasteiger partial charge >= 0.3 is 6.03 Å². The highest BCUT2D eigenvalue weighted by molar-refractivity contribution is 5.97. The summed E-state index contributed by atoms with van der Waals surface area (Å²) in [6.45, 7) is 1.57. The number of benzene rings is 2. The van der Waals surface area contributed by atoms with E-state index in [4.69, 9.17) is 0 Å². The number of carbonyl (C=O) groups is 2. The van der Waals surface area contributed by atoms with E-state index in [1.807, 2.05) is 11.0 Å². The fourth-order valence-corrected chi connectivity index (χ4v) is 3.31. The summed E-state index contributed by atoms with van der Waals surface area (Å²) in [4.78, 5) is 26.4. The normalized spacial score (nSPS) is 16.7. The fraction of sp³-hybridized carbons (Fsp3) is 0.333. The van der Waals surface area contributed by atoms with Gasteiger partial charge in [-0.25, -0.2) is 4.79 Å². The standard InChI is InChI=1S/C21H23N3O2/c25-20(24-13-16(14-24)11-15-5-2-1-3-6-15)17-7-4-8-19(12-17)23-21(26)22-18-9-10-18/h1-8,12,16,18H,9-11,13-14H2,(H2,22,23,26). The molecular formula is C21H23N3O2. The predicted octanol–water partition coefficient (Wildman–Crippen LogP) is 3.29. The lowest BCUT2D eigenvalue weighted by atomic mass is 9.91. The van der Waals surface area contributed by atoms with Gasteiger partial charge < -0.3 is 15.5 Å². The fourth-order valence-electron chi connectivity index (χ4n) is 3.31. The molecule has 0 unspecified atom stereocenters. The topological polar surface area (TPSA) is 61.4 Å². The minimum absolute atomic E-state index is 0.0283. The Bertz CT molecular complexity index is 796. The Balaban J connectivity index is 1.31. The summed E-state index contributed by atoms with van der Waals surface area (Å²) >= 11 is 0. The molecular weight excluding hydrogens is 326 g/mol. The first kappa shape index (κ1) is 16.6. The van der Waals surface area contributed by atoms with Crippen LogP contribution < -0.4 is 10.6 Å². The lowest BCUT2D eigenvalue weighted by molar-refractivity contribution is 0.0501. The number of anilines is 1. The molecule has 0 aromatic heterocycles. The SMILES string of the molecule is O=C(Nc1cccc(C(=O)N2CC(Cc3ccccc3)C2)c1)NC1CC1. The Morgan fingerprint density at radius 3 is 2.50 bits per heavy atom. The van der Waals surface area contributed by atoms with Crippen molar-refractivity contribution in [2.45, 2.75) is 25.3 Å². The van der Waals surface area contributed by atoms with E-state index in [1.54, 1.807) is 24.3 Å². The second-order valence-electron chi connectivity index (χ2n) is 7.22. The molecule has 0 spiro atoms. The number of hydrogen-bond donors (Lipinski definition) is 2. The molecule has 1 heterocycles. The molecule has 4 rings (SSSR count). The monoisotopic (exact) mass is 349 g/mol. The second-order valence-corrected chi connectivity index (χ2v) is 7.22. The first-order valence-corrected chi connectivity index (χ1v) is 9.18. The second kappa shape index (κ2) is 7.20. The molecule has 5 nitrogen and oxygen atoms in total. The molecule has 1 aliphatic heterocycles. The number of urea groups is 1. The lowest BCUT2D eigenvalue weighted by Crippen LogP contribution is -2.50. The van der Waals surface area contributed by atoms with Gasteiger partial charge in [-0.05, 0) is 48.9 Å². The van der Waals surface area contributed by atoms with Gasteiger partial charge in [0, 0.05) is 30.4 Å². The van der Waals surface area contributed by atoms with Crippen molar-refractivity contribution >= 4 is 17.6 Å². The van der Waals surface area contributed by atoms with Gasteiger partial charge in [0.25, 0.3) is 5.91 Å². The molecule has 2 aromatic rings. The van der Waals surface area contributed by atoms with Crippen molar-refractivity contribution in [2.75, 3.05) is 18.4 Å². The van der Waals surface area contributed by atoms with Crippen molar-refractivity contribution in [3.8, 4) is 0 Å². The number of hydrogen-bond acceptors (Lipinski definition) is 2. The van der Waals surface area contributed by atoms with Crippen molar-refractivity contribution in [3.63, 3.8) is 0 Å². The van der Waals surface area contributed by atoms with Crippen LogP contribution in [0.5, 0.6) is 0 Å². The van der Waals surface area contributed by atoms with Crippen LogP contribution in [0.4, 0.5) is 10.5 Å². The van der Waals surface area contributed by atoms with Crippen LogP contribution in [0.1, 0.15) is 28.8 Å². The molecule has 1 aliphatic carbocycles. The van der Waals surface area contributed by atoms with Gasteiger partial charge in [0.2, 0.25) is 0 Å². The third-order valence-corrected chi connectivity index (χ3v) is 4.89. The number of nitrogens with zero attached hydrogens (tertiary/aromatic N) is 1. The van der Waals surface area contributed by atoms with Crippen LogP contribution in [-0.2, 0) is 6.42 Å². The third kappa shape index (κ3) is 4.04. The molecule has 1 saturated heterocycles. The molecule has 0 radical (unpaired) electrons. The predicted molar refractivity (Wildman–Crippen MR) is 101 cm³/mol. The minimum atomic E-state index is -0.205. The summed E-state index contributed by atoms with van der Waals surface area (Å²) < 4.78 is 0. The van der Waals surface area contributed by atoms with Gasteiger partial charge in [0.05, 0.1) is 0 Å². The summed E-state index contributed by atoms with van der Waals surface area (Å²) in [5, 5.41) is 5.68. The quantitative estimate of drug-likeness (QED) is 0.870. The zero-order valence-electron chi connectivity index (χ0n) is 14.7. The van der Waals surface area contributed by atoms with Crippen molar-refractivity contribution in [1.82, 2.24) is 10.2 Å². The van der Waals surface area contributed by atoms with Crippen molar-refractivity contribution in [3.05, 3.63) is 65.7 Å². The number of carbonyl (C=O) groups excluding carboxylic acids is 2. The average molecular weight is 349 g/mol. The van der Waals surface area contributed by atoms with Gasteiger partial charge in [-0.15, -0.1) is 0 Å². The molecule has 3 amide bonds. The Morgan fingerprint density at radius 1 is 1.00 bits per heavy atom. The van der Waals surface area contributed by atoms with E-state index < -0.39 is 0 Å². The van der Waals surface area contributed by atoms with Crippen molar-refractivity contribution in [2.24, 2.45) is 5.92 Å². The zero-order chi connectivity index (χ0) is 17.9. The molecule has 26 heavy (non-hydrogen) atoms. The molecule has 5 heteroatoms. The van der Waals surface area contributed by atoms with E-state index in [0.29, 0.717) is 23.2 Å². The Kier molecular flexibility index (Phi) is 4.61. The lowest BCUT2D eigenvalue weighted by Gasteiger charge is -2.39. The highest BCUT2D eigenvalue weighted by Gasteiger charge is 2.31. The zero-order valence-corrected chi connectivity index (χ0v) is 14.7. The molecule has 2 aliphatic rings. The van der Waals surface area contributed by atoms with Crippen molar-refractivity contribution in [1.29, 1.82) is 0 Å². The smallest absolute Gasteiger partial charge is 0.319 e. The molecule has 2 aromatic carbocycles. The van der Waals surface area contributed by atoms with Gasteiger partial charge in [0.1, 0.15) is 0 Å². The van der Waals surface area contributed by atoms with Crippen LogP contribution >= 0.6 is 0 Å². The third-order valence-electron chi connectivity index (χ3n) is 4.89. The van der Waals surface area contributed by atoms with Crippen LogP contribution in [0.25, 0.3) is 0 Å². The Hall–Kier alpha value is -2.82. The first-order chi connectivity index (χ1) is 12.7.